The maximum Gasteiger partial charge on any atom is 0.227 e. The van der Waals surface area contributed by atoms with Gasteiger partial charge in [-0.2, -0.15) is 0 Å². The van der Waals surface area contributed by atoms with Crippen molar-refractivity contribution in [1.82, 2.24) is 9.97 Å². The van der Waals surface area contributed by atoms with Gasteiger partial charge >= 0.3 is 0 Å². The summed E-state index contributed by atoms with van der Waals surface area (Å²) in [5.41, 5.74) is 0. The SMILES string of the molecule is CS(=O)c1nc(N2[C@@H]3COC[C@H]2CC(O)C3)ncc1Cl. The predicted octanol–water partition coefficient (Wildman–Crippen LogP) is 0.596. The van der Waals surface area contributed by atoms with Crippen molar-refractivity contribution < 1.29 is 14.1 Å². The van der Waals surface area contributed by atoms with Crippen LogP contribution in [0.5, 0.6) is 0 Å². The number of morpholine rings is 1. The summed E-state index contributed by atoms with van der Waals surface area (Å²) in [6, 6.07) is 0.105. The summed E-state index contributed by atoms with van der Waals surface area (Å²) in [6.07, 6.45) is 3.99. The molecule has 2 bridgehead atoms. The second-order valence-corrected chi connectivity index (χ2v) is 6.86. The Morgan fingerprint density at radius 2 is 2.10 bits per heavy atom. The number of aliphatic hydroxyl groups excluding tert-OH is 1. The van der Waals surface area contributed by atoms with Crippen LogP contribution in [0.15, 0.2) is 11.2 Å². The fourth-order valence-corrected chi connectivity index (χ4v) is 3.84. The van der Waals surface area contributed by atoms with Crippen LogP contribution in [-0.4, -0.2) is 56.9 Å². The maximum atomic E-state index is 11.7. The Labute approximate surface area is 124 Å². The van der Waals surface area contributed by atoms with Gasteiger partial charge in [-0.05, 0) is 12.8 Å². The quantitative estimate of drug-likeness (QED) is 0.805. The highest BCUT2D eigenvalue weighted by Crippen LogP contribution is 2.31. The van der Waals surface area contributed by atoms with Gasteiger partial charge in [0.25, 0.3) is 0 Å². The Kier molecular flexibility index (Phi) is 3.94. The molecule has 2 unspecified atom stereocenters. The van der Waals surface area contributed by atoms with Crippen LogP contribution < -0.4 is 4.90 Å². The summed E-state index contributed by atoms with van der Waals surface area (Å²) in [7, 11) is -1.26. The van der Waals surface area contributed by atoms with E-state index in [1.54, 1.807) is 6.26 Å². The van der Waals surface area contributed by atoms with E-state index >= 15 is 0 Å². The molecule has 20 heavy (non-hydrogen) atoms. The second-order valence-electron chi connectivity index (χ2n) is 5.15. The van der Waals surface area contributed by atoms with E-state index < -0.39 is 10.8 Å². The first-order valence-corrected chi connectivity index (χ1v) is 8.40. The Morgan fingerprint density at radius 3 is 2.70 bits per heavy atom. The van der Waals surface area contributed by atoms with E-state index in [0.29, 0.717) is 42.1 Å². The second kappa shape index (κ2) is 5.55. The Morgan fingerprint density at radius 1 is 1.45 bits per heavy atom. The lowest BCUT2D eigenvalue weighted by molar-refractivity contribution is 0.000274. The van der Waals surface area contributed by atoms with Gasteiger partial charge in [0, 0.05) is 6.26 Å². The summed E-state index contributed by atoms with van der Waals surface area (Å²) in [6.45, 7) is 1.09. The average molecular weight is 318 g/mol. The van der Waals surface area contributed by atoms with Crippen molar-refractivity contribution in [2.24, 2.45) is 0 Å². The van der Waals surface area contributed by atoms with E-state index in [-0.39, 0.29) is 18.2 Å². The van der Waals surface area contributed by atoms with E-state index in [2.05, 4.69) is 14.9 Å². The molecule has 0 spiro atoms. The van der Waals surface area contributed by atoms with E-state index in [4.69, 9.17) is 16.3 Å². The van der Waals surface area contributed by atoms with Crippen molar-refractivity contribution in [3.63, 3.8) is 0 Å². The Balaban J connectivity index is 1.96. The van der Waals surface area contributed by atoms with Crippen molar-refractivity contribution in [1.29, 1.82) is 0 Å². The van der Waals surface area contributed by atoms with Crippen LogP contribution in [0.1, 0.15) is 12.8 Å². The minimum absolute atomic E-state index is 0.0526. The number of rotatable bonds is 2. The summed E-state index contributed by atoms with van der Waals surface area (Å²) in [5.74, 6) is 0.518. The molecule has 0 aromatic carbocycles. The number of aromatic nitrogens is 2. The molecule has 0 radical (unpaired) electrons. The number of hydrogen-bond donors (Lipinski definition) is 1. The molecule has 3 heterocycles. The highest BCUT2D eigenvalue weighted by atomic mass is 35.5. The molecule has 2 fully saturated rings. The van der Waals surface area contributed by atoms with Crippen LogP contribution in [0.2, 0.25) is 5.02 Å². The summed E-state index contributed by atoms with van der Waals surface area (Å²) < 4.78 is 17.2. The molecule has 4 atom stereocenters. The molecular formula is C12H16ClN3O3S. The standard InChI is InChI=1S/C12H16ClN3O3S/c1-20(18)11-10(13)4-14-12(15-11)16-7-2-9(17)3-8(16)6-19-5-7/h4,7-9,17H,2-3,5-6H2,1H3/t7-,8+,9?,20?. The maximum absolute atomic E-state index is 11.7. The predicted molar refractivity (Wildman–Crippen MR) is 75.5 cm³/mol. The smallest absolute Gasteiger partial charge is 0.227 e. The van der Waals surface area contributed by atoms with Gasteiger partial charge in [-0.3, -0.25) is 4.21 Å². The molecule has 8 heteroatoms. The summed E-state index contributed by atoms with van der Waals surface area (Å²) in [5, 5.41) is 10.5. The molecule has 110 valence electrons. The van der Waals surface area contributed by atoms with Crippen molar-refractivity contribution in [3.8, 4) is 0 Å². The summed E-state index contributed by atoms with van der Waals surface area (Å²) in [4.78, 5) is 10.7. The van der Waals surface area contributed by atoms with Gasteiger partial charge < -0.3 is 14.7 Å². The lowest BCUT2D eigenvalue weighted by Crippen LogP contribution is -2.59. The third-order valence-corrected chi connectivity index (χ3v) is 4.94. The monoisotopic (exact) mass is 317 g/mol. The first-order chi connectivity index (χ1) is 9.56. The zero-order valence-electron chi connectivity index (χ0n) is 11.0. The van der Waals surface area contributed by atoms with E-state index in [1.807, 2.05) is 0 Å². The Bertz CT molecular complexity index is 531. The van der Waals surface area contributed by atoms with E-state index in [9.17, 15) is 9.32 Å². The minimum atomic E-state index is -1.26. The van der Waals surface area contributed by atoms with Crippen molar-refractivity contribution in [3.05, 3.63) is 11.2 Å². The lowest BCUT2D eigenvalue weighted by atomic mass is 9.92. The number of nitrogens with zero attached hydrogens (tertiary/aromatic N) is 3. The van der Waals surface area contributed by atoms with Gasteiger partial charge in [0.1, 0.15) is 0 Å². The van der Waals surface area contributed by atoms with Crippen molar-refractivity contribution in [2.45, 2.75) is 36.1 Å². The minimum Gasteiger partial charge on any atom is -0.393 e. The van der Waals surface area contributed by atoms with Gasteiger partial charge in [0.05, 0.1) is 53.4 Å². The zero-order chi connectivity index (χ0) is 14.3. The number of ether oxygens (including phenoxy) is 1. The fourth-order valence-electron chi connectivity index (χ4n) is 2.88. The molecular weight excluding hydrogens is 302 g/mol. The van der Waals surface area contributed by atoms with Crippen LogP contribution in [-0.2, 0) is 15.5 Å². The molecule has 1 N–H and O–H groups in total. The highest BCUT2D eigenvalue weighted by Gasteiger charge is 2.40. The third kappa shape index (κ3) is 2.55. The van der Waals surface area contributed by atoms with Gasteiger partial charge in [0.15, 0.2) is 5.03 Å². The number of fused-ring (bicyclic) bond motifs is 2. The molecule has 0 amide bonds. The van der Waals surface area contributed by atoms with Crippen LogP contribution in [0.4, 0.5) is 5.95 Å². The molecule has 1 aromatic rings. The van der Waals surface area contributed by atoms with Crippen LogP contribution in [0, 0.1) is 0 Å². The fraction of sp³-hybridized carbons (Fsp3) is 0.667. The molecule has 2 aliphatic heterocycles. The number of halogens is 1. The number of anilines is 1. The van der Waals surface area contributed by atoms with Crippen molar-refractivity contribution in [2.75, 3.05) is 24.4 Å². The lowest BCUT2D eigenvalue weighted by Gasteiger charge is -2.47. The first-order valence-electron chi connectivity index (χ1n) is 6.46. The van der Waals surface area contributed by atoms with E-state index in [1.165, 1.54) is 6.20 Å². The van der Waals surface area contributed by atoms with Gasteiger partial charge in [-0.1, -0.05) is 11.6 Å². The number of piperidine rings is 1. The molecule has 0 aliphatic carbocycles. The van der Waals surface area contributed by atoms with Gasteiger partial charge in [0.2, 0.25) is 5.95 Å². The molecule has 3 rings (SSSR count). The normalized spacial score (nSPS) is 31.1. The van der Waals surface area contributed by atoms with Gasteiger partial charge in [-0.15, -0.1) is 0 Å². The van der Waals surface area contributed by atoms with E-state index in [0.717, 1.165) is 0 Å². The molecule has 1 aromatic heterocycles. The van der Waals surface area contributed by atoms with Crippen molar-refractivity contribution >= 4 is 28.3 Å². The molecule has 2 saturated heterocycles. The number of aliphatic hydroxyl groups is 1. The van der Waals surface area contributed by atoms with Gasteiger partial charge in [-0.25, -0.2) is 9.97 Å². The van der Waals surface area contributed by atoms with Crippen LogP contribution in [0.3, 0.4) is 0 Å². The average Bonchev–Trinajstić information content (AvgIpc) is 2.38. The molecule has 6 nitrogen and oxygen atoms in total. The largest absolute Gasteiger partial charge is 0.393 e. The molecule has 2 aliphatic rings. The van der Waals surface area contributed by atoms with Crippen LogP contribution in [0.25, 0.3) is 0 Å². The van der Waals surface area contributed by atoms with Crippen LogP contribution >= 0.6 is 11.6 Å². The third-order valence-electron chi connectivity index (χ3n) is 3.70. The topological polar surface area (TPSA) is 75.6 Å². The Hall–Kier alpha value is -0.760. The summed E-state index contributed by atoms with van der Waals surface area (Å²) >= 11 is 5.97. The first kappa shape index (κ1) is 14.2. The number of hydrogen-bond acceptors (Lipinski definition) is 6. The highest BCUT2D eigenvalue weighted by molar-refractivity contribution is 7.84. The molecule has 0 saturated carbocycles. The zero-order valence-corrected chi connectivity index (χ0v) is 12.6.